The van der Waals surface area contributed by atoms with Crippen molar-refractivity contribution < 1.29 is 14.5 Å². The minimum Gasteiger partial charge on any atom is -0.348 e. The molecule has 0 aliphatic heterocycles. The van der Waals surface area contributed by atoms with Crippen LogP contribution in [-0.4, -0.2) is 38.0 Å². The molecule has 1 unspecified atom stereocenters. The van der Waals surface area contributed by atoms with Crippen LogP contribution in [0.1, 0.15) is 33.1 Å². The predicted molar refractivity (Wildman–Crippen MR) is 101 cm³/mol. The first kappa shape index (κ1) is 19.7. The second kappa shape index (κ2) is 9.20. The molecule has 25 heavy (non-hydrogen) atoms. The zero-order chi connectivity index (χ0) is 18.4. The van der Waals surface area contributed by atoms with Crippen molar-refractivity contribution in [3.05, 3.63) is 29.3 Å². The number of halogens is 1. The highest BCUT2D eigenvalue weighted by atomic mass is 35.5. The Hall–Kier alpha value is -1.59. The van der Waals surface area contributed by atoms with Crippen LogP contribution in [0.15, 0.2) is 24.3 Å². The third-order valence-electron chi connectivity index (χ3n) is 5.11. The van der Waals surface area contributed by atoms with E-state index in [1.807, 2.05) is 7.05 Å². The molecule has 2 rings (SSSR count). The van der Waals surface area contributed by atoms with Gasteiger partial charge in [-0.1, -0.05) is 38.3 Å². The van der Waals surface area contributed by atoms with Crippen LogP contribution in [-0.2, 0) is 9.59 Å². The number of anilines is 1. The van der Waals surface area contributed by atoms with E-state index in [0.717, 1.165) is 11.3 Å². The summed E-state index contributed by atoms with van der Waals surface area (Å²) in [6, 6.07) is 7.23. The Kier molecular flexibility index (Phi) is 7.26. The lowest BCUT2D eigenvalue weighted by Crippen LogP contribution is -3.11. The van der Waals surface area contributed by atoms with Crippen LogP contribution in [0.4, 0.5) is 5.69 Å². The van der Waals surface area contributed by atoms with E-state index in [0.29, 0.717) is 29.1 Å². The highest BCUT2D eigenvalue weighted by Gasteiger charge is 2.28. The van der Waals surface area contributed by atoms with Crippen LogP contribution in [0, 0.1) is 11.8 Å². The SMILES string of the molecule is C[C@H]1[C@@H](NC(=O)C[NH+](C)CC(=O)Nc2ccc(Cl)cc2)CCC[C@@H]1C. The molecular weight excluding hydrogens is 338 g/mol. The van der Waals surface area contributed by atoms with Crippen LogP contribution in [0.25, 0.3) is 0 Å². The van der Waals surface area contributed by atoms with Gasteiger partial charge in [0.05, 0.1) is 7.05 Å². The van der Waals surface area contributed by atoms with Crippen molar-refractivity contribution in [2.45, 2.75) is 39.2 Å². The van der Waals surface area contributed by atoms with Gasteiger partial charge in [0.15, 0.2) is 13.1 Å². The predicted octanol–water partition coefficient (Wildman–Crippen LogP) is 1.73. The molecule has 0 bridgehead atoms. The zero-order valence-corrected chi connectivity index (χ0v) is 16.0. The molecule has 0 saturated heterocycles. The van der Waals surface area contributed by atoms with Gasteiger partial charge in [0, 0.05) is 16.8 Å². The van der Waals surface area contributed by atoms with Crippen molar-refractivity contribution in [1.29, 1.82) is 0 Å². The maximum Gasteiger partial charge on any atom is 0.279 e. The molecule has 138 valence electrons. The Labute approximate surface area is 155 Å². The van der Waals surface area contributed by atoms with E-state index in [-0.39, 0.29) is 24.4 Å². The van der Waals surface area contributed by atoms with Crippen LogP contribution in [0.2, 0.25) is 5.02 Å². The van der Waals surface area contributed by atoms with Crippen LogP contribution >= 0.6 is 11.6 Å². The van der Waals surface area contributed by atoms with Crippen molar-refractivity contribution in [1.82, 2.24) is 5.32 Å². The molecule has 5 nitrogen and oxygen atoms in total. The number of benzene rings is 1. The monoisotopic (exact) mass is 366 g/mol. The summed E-state index contributed by atoms with van der Waals surface area (Å²) in [5.41, 5.74) is 0.705. The normalized spacial score (nSPS) is 24.4. The summed E-state index contributed by atoms with van der Waals surface area (Å²) in [6.07, 6.45) is 3.46. The molecule has 4 atom stereocenters. The Morgan fingerprint density at radius 1 is 1.12 bits per heavy atom. The lowest BCUT2D eigenvalue weighted by molar-refractivity contribution is -0.862. The van der Waals surface area contributed by atoms with Gasteiger partial charge in [-0.05, 0) is 42.5 Å². The number of carbonyl (C=O) groups is 2. The van der Waals surface area contributed by atoms with Crippen LogP contribution in [0.5, 0.6) is 0 Å². The molecule has 0 radical (unpaired) electrons. The molecule has 1 aliphatic carbocycles. The van der Waals surface area contributed by atoms with Gasteiger partial charge >= 0.3 is 0 Å². The average molecular weight is 367 g/mol. The molecule has 6 heteroatoms. The van der Waals surface area contributed by atoms with Gasteiger partial charge in [0.2, 0.25) is 0 Å². The van der Waals surface area contributed by atoms with Gasteiger partial charge in [-0.3, -0.25) is 9.59 Å². The Balaban J connectivity index is 1.75. The third kappa shape index (κ3) is 6.33. The second-order valence-corrected chi connectivity index (χ2v) is 7.74. The fourth-order valence-corrected chi connectivity index (χ4v) is 3.52. The van der Waals surface area contributed by atoms with Gasteiger partial charge in [0.1, 0.15) is 0 Å². The number of hydrogen-bond donors (Lipinski definition) is 3. The number of amides is 2. The zero-order valence-electron chi connectivity index (χ0n) is 15.3. The summed E-state index contributed by atoms with van der Waals surface area (Å²) in [6.45, 7) is 5.00. The van der Waals surface area contributed by atoms with Gasteiger partial charge in [-0.2, -0.15) is 0 Å². The number of nitrogens with one attached hydrogen (secondary N) is 3. The maximum atomic E-state index is 12.3. The molecule has 0 spiro atoms. The largest absolute Gasteiger partial charge is 0.348 e. The molecule has 2 amide bonds. The smallest absolute Gasteiger partial charge is 0.279 e. The quantitative estimate of drug-likeness (QED) is 0.718. The molecule has 3 N–H and O–H groups in total. The van der Waals surface area contributed by atoms with Crippen molar-refractivity contribution in [3.63, 3.8) is 0 Å². The van der Waals surface area contributed by atoms with Crippen LogP contribution in [0.3, 0.4) is 0 Å². The number of rotatable bonds is 6. The first-order valence-corrected chi connectivity index (χ1v) is 9.39. The summed E-state index contributed by atoms with van der Waals surface area (Å²) in [5, 5.41) is 6.60. The maximum absolute atomic E-state index is 12.3. The fourth-order valence-electron chi connectivity index (χ4n) is 3.39. The summed E-state index contributed by atoms with van der Waals surface area (Å²) in [7, 11) is 1.86. The number of carbonyl (C=O) groups excluding carboxylic acids is 2. The van der Waals surface area contributed by atoms with E-state index < -0.39 is 0 Å². The van der Waals surface area contributed by atoms with Crippen molar-refractivity contribution >= 4 is 29.1 Å². The van der Waals surface area contributed by atoms with Crippen LogP contribution < -0.4 is 15.5 Å². The lowest BCUT2D eigenvalue weighted by Gasteiger charge is -2.34. The van der Waals surface area contributed by atoms with Gasteiger partial charge in [-0.15, -0.1) is 0 Å². The Morgan fingerprint density at radius 3 is 2.44 bits per heavy atom. The average Bonchev–Trinajstić information content (AvgIpc) is 2.53. The van der Waals surface area contributed by atoms with Gasteiger partial charge in [-0.25, -0.2) is 0 Å². The van der Waals surface area contributed by atoms with E-state index in [1.165, 1.54) is 12.8 Å². The minimum absolute atomic E-state index is 0.0164. The van der Waals surface area contributed by atoms with Crippen molar-refractivity contribution in [2.75, 3.05) is 25.5 Å². The highest BCUT2D eigenvalue weighted by Crippen LogP contribution is 2.29. The first-order chi connectivity index (χ1) is 11.8. The highest BCUT2D eigenvalue weighted by molar-refractivity contribution is 6.30. The Morgan fingerprint density at radius 2 is 1.76 bits per heavy atom. The first-order valence-electron chi connectivity index (χ1n) is 9.01. The molecular formula is C19H29ClN3O2+. The topological polar surface area (TPSA) is 62.6 Å². The van der Waals surface area contributed by atoms with E-state index >= 15 is 0 Å². The van der Waals surface area contributed by atoms with E-state index in [4.69, 9.17) is 11.6 Å². The summed E-state index contributed by atoms with van der Waals surface area (Å²) in [5.74, 6) is 1.05. The van der Waals surface area contributed by atoms with Gasteiger partial charge in [0.25, 0.3) is 11.8 Å². The molecule has 1 saturated carbocycles. The molecule has 0 aromatic heterocycles. The molecule has 0 heterocycles. The summed E-state index contributed by atoms with van der Waals surface area (Å²) >= 11 is 5.83. The van der Waals surface area contributed by atoms with E-state index in [1.54, 1.807) is 24.3 Å². The molecule has 1 aromatic carbocycles. The number of quaternary nitrogens is 1. The molecule has 1 aromatic rings. The Bertz CT molecular complexity index is 591. The minimum atomic E-state index is -0.118. The molecule has 1 fully saturated rings. The fraction of sp³-hybridized carbons (Fsp3) is 0.579. The van der Waals surface area contributed by atoms with Crippen molar-refractivity contribution in [3.8, 4) is 0 Å². The van der Waals surface area contributed by atoms with E-state index in [9.17, 15) is 9.59 Å². The lowest BCUT2D eigenvalue weighted by atomic mass is 9.78. The van der Waals surface area contributed by atoms with E-state index in [2.05, 4.69) is 24.5 Å². The summed E-state index contributed by atoms with van der Waals surface area (Å²) in [4.78, 5) is 25.2. The second-order valence-electron chi connectivity index (χ2n) is 7.31. The summed E-state index contributed by atoms with van der Waals surface area (Å²) < 4.78 is 0. The molecule has 1 aliphatic rings. The number of hydrogen-bond acceptors (Lipinski definition) is 2. The standard InChI is InChI=1S/C19H28ClN3O2/c1-13-5-4-6-17(14(13)2)22-19(25)12-23(3)11-18(24)21-16-9-7-15(20)8-10-16/h7-10,13-14,17H,4-6,11-12H2,1-3H3,(H,21,24)(H,22,25)/p+1/t13-,14+,17-/m0/s1. The number of likely N-dealkylation sites (N-methyl/N-ethyl adjacent to an activating group) is 1. The van der Waals surface area contributed by atoms with Crippen molar-refractivity contribution in [2.24, 2.45) is 11.8 Å². The third-order valence-corrected chi connectivity index (χ3v) is 5.36. The van der Waals surface area contributed by atoms with Gasteiger partial charge < -0.3 is 15.5 Å².